The number of Topliss-reactive ketones (excluding diaryl/α,β-unsaturated/α-hetero) is 1. The van der Waals surface area contributed by atoms with Gasteiger partial charge in [0.05, 0.1) is 24.3 Å². The smallest absolute Gasteiger partial charge is 0.338 e. The van der Waals surface area contributed by atoms with Crippen LogP contribution in [0.3, 0.4) is 0 Å². The second-order valence-corrected chi connectivity index (χ2v) is 6.71. The van der Waals surface area contributed by atoms with Crippen LogP contribution in [-0.4, -0.2) is 41.2 Å². The van der Waals surface area contributed by atoms with E-state index in [1.165, 1.54) is 33.3 Å². The van der Waals surface area contributed by atoms with E-state index in [2.05, 4.69) is 0 Å². The molecule has 0 aliphatic rings. The van der Waals surface area contributed by atoms with E-state index in [0.717, 1.165) is 15.6 Å². The molecule has 30 heavy (non-hydrogen) atoms. The number of nitrogens with zero attached hydrogens (tertiary/aromatic N) is 2. The van der Waals surface area contributed by atoms with E-state index in [-0.39, 0.29) is 27.9 Å². The maximum atomic E-state index is 12.4. The quantitative estimate of drug-likeness (QED) is 0.478. The molecule has 0 aliphatic heterocycles. The highest BCUT2D eigenvalue weighted by molar-refractivity contribution is 6.32. The van der Waals surface area contributed by atoms with Gasteiger partial charge in [-0.15, -0.1) is 0 Å². The van der Waals surface area contributed by atoms with Crippen LogP contribution in [0.4, 0.5) is 5.82 Å². The number of hydrogen-bond acceptors (Lipinski definition) is 8. The minimum atomic E-state index is -0.876. The third-order valence-corrected chi connectivity index (χ3v) is 4.52. The van der Waals surface area contributed by atoms with Gasteiger partial charge < -0.3 is 19.9 Å². The number of nitrogen functional groups attached to an aromatic ring is 1. The van der Waals surface area contributed by atoms with Crippen LogP contribution in [-0.2, 0) is 18.8 Å². The normalized spacial score (nSPS) is 10.6. The summed E-state index contributed by atoms with van der Waals surface area (Å²) in [6.45, 7) is 1.57. The van der Waals surface area contributed by atoms with Crippen LogP contribution >= 0.6 is 11.6 Å². The van der Waals surface area contributed by atoms with Crippen molar-refractivity contribution in [2.75, 3.05) is 26.1 Å². The van der Waals surface area contributed by atoms with Gasteiger partial charge in [0, 0.05) is 14.1 Å². The number of rotatable bonds is 8. The fraction of sp³-hybridized carbons (Fsp3) is 0.368. The molecule has 162 valence electrons. The van der Waals surface area contributed by atoms with E-state index in [1.807, 2.05) is 6.92 Å². The first-order valence-corrected chi connectivity index (χ1v) is 9.27. The number of esters is 1. The summed E-state index contributed by atoms with van der Waals surface area (Å²) in [7, 11) is 3.92. The van der Waals surface area contributed by atoms with Crippen molar-refractivity contribution in [1.29, 1.82) is 0 Å². The standard InChI is InChI=1S/C19H22ClN3O7/c1-5-6-29-15-11(20)7-10(8-13(15)28-4)18(26)30-9-12(24)14-16(21)22(2)19(27)23(3)17(14)25/h7-8H,5-6,9,21H2,1-4H3. The fourth-order valence-electron chi connectivity index (χ4n) is 2.59. The molecule has 1 aromatic heterocycles. The van der Waals surface area contributed by atoms with Crippen molar-refractivity contribution in [3.63, 3.8) is 0 Å². The highest BCUT2D eigenvalue weighted by atomic mass is 35.5. The van der Waals surface area contributed by atoms with E-state index >= 15 is 0 Å². The van der Waals surface area contributed by atoms with Crippen molar-refractivity contribution in [2.45, 2.75) is 13.3 Å². The fourth-order valence-corrected chi connectivity index (χ4v) is 2.86. The number of carbonyl (C=O) groups excluding carboxylic acids is 2. The molecule has 0 spiro atoms. The summed E-state index contributed by atoms with van der Waals surface area (Å²) >= 11 is 6.17. The molecule has 2 N–H and O–H groups in total. The Morgan fingerprint density at radius 1 is 1.17 bits per heavy atom. The number of benzene rings is 1. The maximum Gasteiger partial charge on any atom is 0.338 e. The molecule has 0 bridgehead atoms. The summed E-state index contributed by atoms with van der Waals surface area (Å²) in [5.74, 6) is -1.52. The predicted molar refractivity (Wildman–Crippen MR) is 110 cm³/mol. The van der Waals surface area contributed by atoms with E-state index in [9.17, 15) is 19.2 Å². The topological polar surface area (TPSA) is 132 Å². The molecular formula is C19H22ClN3O7. The van der Waals surface area contributed by atoms with Gasteiger partial charge in [0.25, 0.3) is 5.56 Å². The molecule has 1 aromatic carbocycles. The van der Waals surface area contributed by atoms with Crippen LogP contribution in [0.25, 0.3) is 0 Å². The van der Waals surface area contributed by atoms with Crippen molar-refractivity contribution in [3.8, 4) is 11.5 Å². The van der Waals surface area contributed by atoms with E-state index in [4.69, 9.17) is 31.5 Å². The molecule has 0 aliphatic carbocycles. The van der Waals surface area contributed by atoms with Gasteiger partial charge in [-0.05, 0) is 18.6 Å². The third kappa shape index (κ3) is 4.48. The molecule has 0 atom stereocenters. The molecule has 1 heterocycles. The molecule has 2 aromatic rings. The van der Waals surface area contributed by atoms with Crippen LogP contribution in [0.15, 0.2) is 21.7 Å². The average molecular weight is 440 g/mol. The third-order valence-electron chi connectivity index (χ3n) is 4.24. The van der Waals surface area contributed by atoms with Gasteiger partial charge >= 0.3 is 11.7 Å². The highest BCUT2D eigenvalue weighted by Crippen LogP contribution is 2.36. The SMILES string of the molecule is CCCOc1c(Cl)cc(C(=O)OCC(=O)c2c(N)n(C)c(=O)n(C)c2=O)cc1OC. The number of carbonyl (C=O) groups is 2. The minimum absolute atomic E-state index is 0.0230. The number of anilines is 1. The number of aromatic nitrogens is 2. The van der Waals surface area contributed by atoms with Crippen molar-refractivity contribution in [3.05, 3.63) is 49.1 Å². The first kappa shape index (κ1) is 23.0. The Morgan fingerprint density at radius 2 is 1.83 bits per heavy atom. The monoisotopic (exact) mass is 439 g/mol. The van der Waals surface area contributed by atoms with Crippen LogP contribution in [0.1, 0.15) is 34.1 Å². The first-order chi connectivity index (χ1) is 14.1. The lowest BCUT2D eigenvalue weighted by Crippen LogP contribution is -2.42. The van der Waals surface area contributed by atoms with Gasteiger partial charge in [-0.2, -0.15) is 0 Å². The van der Waals surface area contributed by atoms with E-state index in [1.54, 1.807) is 0 Å². The summed E-state index contributed by atoms with van der Waals surface area (Å²) < 4.78 is 17.4. The van der Waals surface area contributed by atoms with Crippen molar-refractivity contribution < 1.29 is 23.8 Å². The maximum absolute atomic E-state index is 12.4. The average Bonchev–Trinajstić information content (AvgIpc) is 2.73. The molecule has 11 heteroatoms. The number of ether oxygens (including phenoxy) is 3. The highest BCUT2D eigenvalue weighted by Gasteiger charge is 2.23. The van der Waals surface area contributed by atoms with Gasteiger partial charge in [0.2, 0.25) is 5.78 Å². The summed E-state index contributed by atoms with van der Waals surface area (Å²) in [4.78, 5) is 48.9. The zero-order valence-electron chi connectivity index (χ0n) is 17.0. The zero-order chi connectivity index (χ0) is 22.6. The largest absolute Gasteiger partial charge is 0.493 e. The predicted octanol–water partition coefficient (Wildman–Crippen LogP) is 1.16. The van der Waals surface area contributed by atoms with Gasteiger partial charge in [0.1, 0.15) is 11.4 Å². The molecule has 10 nitrogen and oxygen atoms in total. The molecule has 0 radical (unpaired) electrons. The van der Waals surface area contributed by atoms with Crippen molar-refractivity contribution in [1.82, 2.24) is 9.13 Å². The summed E-state index contributed by atoms with van der Waals surface area (Å²) in [6.07, 6.45) is 0.749. The lowest BCUT2D eigenvalue weighted by atomic mass is 10.2. The van der Waals surface area contributed by atoms with E-state index in [0.29, 0.717) is 6.61 Å². The number of ketones is 1. The van der Waals surface area contributed by atoms with Crippen molar-refractivity contribution >= 4 is 29.2 Å². The molecule has 0 unspecified atom stereocenters. The molecule has 2 rings (SSSR count). The Hall–Kier alpha value is -3.27. The lowest BCUT2D eigenvalue weighted by Gasteiger charge is -2.14. The van der Waals surface area contributed by atoms with Gasteiger partial charge in [-0.3, -0.25) is 18.7 Å². The Morgan fingerprint density at radius 3 is 2.43 bits per heavy atom. The summed E-state index contributed by atoms with van der Waals surface area (Å²) in [5.41, 5.74) is 3.75. The number of halogens is 1. The Bertz CT molecular complexity index is 1100. The van der Waals surface area contributed by atoms with Gasteiger partial charge in [-0.1, -0.05) is 18.5 Å². The number of hydrogen-bond donors (Lipinski definition) is 1. The Labute approximate surface area is 176 Å². The number of methoxy groups -OCH3 is 1. The van der Waals surface area contributed by atoms with Crippen LogP contribution in [0.5, 0.6) is 11.5 Å². The molecule has 0 saturated heterocycles. The molecule has 0 fully saturated rings. The Balaban J connectivity index is 2.24. The van der Waals surface area contributed by atoms with Gasteiger partial charge in [0.15, 0.2) is 18.1 Å². The minimum Gasteiger partial charge on any atom is -0.493 e. The van der Waals surface area contributed by atoms with Crippen LogP contribution < -0.4 is 26.5 Å². The Kier molecular flexibility index (Phi) is 7.28. The second-order valence-electron chi connectivity index (χ2n) is 6.30. The number of nitrogens with two attached hydrogens (primary N) is 1. The molecule has 0 saturated carbocycles. The molecular weight excluding hydrogens is 418 g/mol. The second kappa shape index (κ2) is 9.49. The van der Waals surface area contributed by atoms with Crippen LogP contribution in [0.2, 0.25) is 5.02 Å². The van der Waals surface area contributed by atoms with E-state index < -0.39 is 35.2 Å². The molecule has 0 amide bonds. The van der Waals surface area contributed by atoms with Crippen molar-refractivity contribution in [2.24, 2.45) is 14.1 Å². The van der Waals surface area contributed by atoms with Gasteiger partial charge in [-0.25, -0.2) is 9.59 Å². The van der Waals surface area contributed by atoms with Crippen LogP contribution in [0, 0.1) is 0 Å². The zero-order valence-corrected chi connectivity index (χ0v) is 17.7. The summed E-state index contributed by atoms with van der Waals surface area (Å²) in [6, 6.07) is 2.69. The lowest BCUT2D eigenvalue weighted by molar-refractivity contribution is 0.0474. The first-order valence-electron chi connectivity index (χ1n) is 8.90. The summed E-state index contributed by atoms with van der Waals surface area (Å²) in [5, 5.41) is 0.136.